The topological polar surface area (TPSA) is 88.2 Å². The van der Waals surface area contributed by atoms with Crippen LogP contribution in [0, 0.1) is 11.8 Å². The summed E-state index contributed by atoms with van der Waals surface area (Å²) in [7, 11) is 0. The average molecular weight is 723 g/mol. The Labute approximate surface area is 311 Å². The molecule has 10 heteroatoms. The lowest BCUT2D eigenvalue weighted by atomic mass is 9.99. The molecule has 53 heavy (non-hydrogen) atoms. The summed E-state index contributed by atoms with van der Waals surface area (Å²) >= 11 is 0. The third-order valence-corrected chi connectivity index (χ3v) is 10.7. The lowest BCUT2D eigenvalue weighted by Crippen LogP contribution is -2.51. The van der Waals surface area contributed by atoms with Gasteiger partial charge in [-0.05, 0) is 90.4 Å². The average Bonchev–Trinajstić information content (AvgIpc) is 3.93. The highest BCUT2D eigenvalue weighted by Crippen LogP contribution is 2.39. The maximum absolute atomic E-state index is 14.2. The second-order valence-electron chi connectivity index (χ2n) is 15.6. The van der Waals surface area contributed by atoms with Gasteiger partial charge < -0.3 is 33.2 Å². The van der Waals surface area contributed by atoms with Gasteiger partial charge in [-0.25, -0.2) is 4.79 Å². The van der Waals surface area contributed by atoms with Gasteiger partial charge in [0.2, 0.25) is 6.79 Å². The SMILES string of the molecule is CC(C)CN(Cc1ccc2c(c1)OCO2)C[C@H]1OC(C)(C)N(C(=O)O[C@H]2CO[C@H]3OCC[C@H]32)[C@H]1Cc1ccc(OCc2ccc3ccccc3c2)cc1. The van der Waals surface area contributed by atoms with Crippen molar-refractivity contribution in [1.29, 1.82) is 0 Å². The van der Waals surface area contributed by atoms with E-state index in [-0.39, 0.29) is 43.3 Å². The van der Waals surface area contributed by atoms with Crippen molar-refractivity contribution in [2.24, 2.45) is 11.8 Å². The van der Waals surface area contributed by atoms with Crippen LogP contribution in [0.1, 0.15) is 50.8 Å². The molecular formula is C43H50N2O8. The summed E-state index contributed by atoms with van der Waals surface area (Å²) in [6, 6.07) is 28.8. The number of amides is 1. The fourth-order valence-corrected chi connectivity index (χ4v) is 8.27. The van der Waals surface area contributed by atoms with Gasteiger partial charge in [0.1, 0.15) is 24.2 Å². The van der Waals surface area contributed by atoms with Gasteiger partial charge in [0.15, 0.2) is 17.8 Å². The number of benzene rings is 4. The van der Waals surface area contributed by atoms with E-state index in [2.05, 4.69) is 85.5 Å². The van der Waals surface area contributed by atoms with Crippen LogP contribution < -0.4 is 14.2 Å². The summed E-state index contributed by atoms with van der Waals surface area (Å²) in [4.78, 5) is 18.5. The Morgan fingerprint density at radius 1 is 0.906 bits per heavy atom. The predicted octanol–water partition coefficient (Wildman–Crippen LogP) is 7.55. The first-order valence-corrected chi connectivity index (χ1v) is 18.9. The van der Waals surface area contributed by atoms with Crippen LogP contribution in [0.2, 0.25) is 0 Å². The molecule has 0 aliphatic carbocycles. The molecule has 10 nitrogen and oxygen atoms in total. The first-order valence-electron chi connectivity index (χ1n) is 18.9. The molecule has 0 N–H and O–H groups in total. The Bertz CT molecular complexity index is 1900. The van der Waals surface area contributed by atoms with Crippen LogP contribution in [0.3, 0.4) is 0 Å². The zero-order chi connectivity index (χ0) is 36.5. The minimum Gasteiger partial charge on any atom is -0.489 e. The Morgan fingerprint density at radius 3 is 2.51 bits per heavy atom. The Morgan fingerprint density at radius 2 is 1.68 bits per heavy atom. The molecule has 0 unspecified atom stereocenters. The van der Waals surface area contributed by atoms with Crippen molar-refractivity contribution in [1.82, 2.24) is 9.80 Å². The van der Waals surface area contributed by atoms with E-state index in [0.717, 1.165) is 46.9 Å². The second kappa shape index (κ2) is 15.2. The molecule has 0 spiro atoms. The molecule has 8 rings (SSSR count). The number of ether oxygens (including phenoxy) is 7. The van der Waals surface area contributed by atoms with Gasteiger partial charge in [-0.15, -0.1) is 0 Å². The van der Waals surface area contributed by atoms with Crippen LogP contribution in [-0.4, -0.2) is 79.3 Å². The molecule has 0 aromatic heterocycles. The summed E-state index contributed by atoms with van der Waals surface area (Å²) in [5.74, 6) is 2.80. The summed E-state index contributed by atoms with van der Waals surface area (Å²) in [5.41, 5.74) is 2.43. The van der Waals surface area contributed by atoms with Gasteiger partial charge in [0.05, 0.1) is 31.3 Å². The third kappa shape index (κ3) is 7.97. The van der Waals surface area contributed by atoms with E-state index in [0.29, 0.717) is 45.2 Å². The molecule has 4 heterocycles. The maximum atomic E-state index is 14.2. The van der Waals surface area contributed by atoms with Crippen LogP contribution in [0.15, 0.2) is 84.9 Å². The van der Waals surface area contributed by atoms with Gasteiger partial charge in [0, 0.05) is 19.6 Å². The largest absolute Gasteiger partial charge is 0.489 e. The molecule has 0 saturated carbocycles. The molecule has 1 amide bonds. The zero-order valence-electron chi connectivity index (χ0n) is 31.1. The van der Waals surface area contributed by atoms with E-state index in [1.165, 1.54) is 10.8 Å². The minimum absolute atomic E-state index is 0.0465. The van der Waals surface area contributed by atoms with E-state index < -0.39 is 5.72 Å². The monoisotopic (exact) mass is 722 g/mol. The molecule has 3 fully saturated rings. The number of hydrogen-bond donors (Lipinski definition) is 0. The normalized spacial score (nSPS) is 24.3. The molecule has 4 aliphatic rings. The van der Waals surface area contributed by atoms with Crippen molar-refractivity contribution in [3.8, 4) is 17.2 Å². The lowest BCUT2D eigenvalue weighted by Gasteiger charge is -2.34. The van der Waals surface area contributed by atoms with E-state index in [1.54, 1.807) is 0 Å². The quantitative estimate of drug-likeness (QED) is 0.147. The van der Waals surface area contributed by atoms with Crippen molar-refractivity contribution in [2.75, 3.05) is 33.1 Å². The van der Waals surface area contributed by atoms with Gasteiger partial charge >= 0.3 is 6.09 Å². The van der Waals surface area contributed by atoms with Crippen molar-refractivity contribution in [3.05, 3.63) is 102 Å². The van der Waals surface area contributed by atoms with Gasteiger partial charge in [-0.3, -0.25) is 9.80 Å². The van der Waals surface area contributed by atoms with Crippen LogP contribution in [0.25, 0.3) is 10.8 Å². The molecule has 280 valence electrons. The second-order valence-corrected chi connectivity index (χ2v) is 15.6. The molecular weight excluding hydrogens is 672 g/mol. The van der Waals surface area contributed by atoms with Gasteiger partial charge in [0.25, 0.3) is 0 Å². The van der Waals surface area contributed by atoms with Gasteiger partial charge in [-0.2, -0.15) is 0 Å². The summed E-state index contributed by atoms with van der Waals surface area (Å²) < 4.78 is 42.0. The first-order chi connectivity index (χ1) is 25.7. The molecule has 5 atom stereocenters. The maximum Gasteiger partial charge on any atom is 0.412 e. The molecule has 4 aliphatic heterocycles. The highest BCUT2D eigenvalue weighted by Gasteiger charge is 2.52. The summed E-state index contributed by atoms with van der Waals surface area (Å²) in [6.07, 6.45) is 0.0781. The number of carbonyl (C=O) groups is 1. The molecule has 3 saturated heterocycles. The van der Waals surface area contributed by atoms with E-state index in [9.17, 15) is 4.79 Å². The number of carbonyl (C=O) groups excluding carboxylic acids is 1. The van der Waals surface area contributed by atoms with Crippen molar-refractivity contribution in [2.45, 2.75) is 84.0 Å². The van der Waals surface area contributed by atoms with Crippen LogP contribution in [-0.2, 0) is 38.5 Å². The molecule has 0 bridgehead atoms. The predicted molar refractivity (Wildman–Crippen MR) is 200 cm³/mol. The van der Waals surface area contributed by atoms with Gasteiger partial charge in [-0.1, -0.05) is 68.4 Å². The molecule has 4 aromatic carbocycles. The number of nitrogens with zero attached hydrogens (tertiary/aromatic N) is 2. The van der Waals surface area contributed by atoms with Crippen LogP contribution >= 0.6 is 0 Å². The molecule has 4 aromatic rings. The van der Waals surface area contributed by atoms with Crippen molar-refractivity contribution in [3.63, 3.8) is 0 Å². The third-order valence-electron chi connectivity index (χ3n) is 10.7. The fourth-order valence-electron chi connectivity index (χ4n) is 8.27. The first kappa shape index (κ1) is 35.7. The van der Waals surface area contributed by atoms with E-state index >= 15 is 0 Å². The highest BCUT2D eigenvalue weighted by atomic mass is 16.7. The smallest absolute Gasteiger partial charge is 0.412 e. The fraction of sp³-hybridized carbons (Fsp3) is 0.465. The summed E-state index contributed by atoms with van der Waals surface area (Å²) in [6.45, 7) is 12.2. The van der Waals surface area contributed by atoms with E-state index in [4.69, 9.17) is 33.2 Å². The Balaban J connectivity index is 1.01. The molecule has 0 radical (unpaired) electrons. The Hall–Kier alpha value is -4.35. The lowest BCUT2D eigenvalue weighted by molar-refractivity contribution is -0.0912. The van der Waals surface area contributed by atoms with Crippen LogP contribution in [0.4, 0.5) is 4.79 Å². The van der Waals surface area contributed by atoms with E-state index in [1.807, 2.05) is 36.9 Å². The minimum atomic E-state index is -0.900. The number of hydrogen-bond acceptors (Lipinski definition) is 9. The highest BCUT2D eigenvalue weighted by molar-refractivity contribution is 5.83. The number of rotatable bonds is 12. The van der Waals surface area contributed by atoms with Crippen LogP contribution in [0.5, 0.6) is 17.2 Å². The number of fused-ring (bicyclic) bond motifs is 3. The van der Waals surface area contributed by atoms with Crippen molar-refractivity contribution < 1.29 is 38.0 Å². The standard InChI is InChI=1S/C43H50N2O8/c1-28(2)22-44(23-30-12-16-37-38(21-30)51-27-50-37)24-39-36(45(43(3,4)53-39)42(46)52-40-26-49-41-35(40)17-18-47-41)20-29-10-14-34(15-11-29)48-25-31-9-13-32-7-5-6-8-33(32)19-31/h5-16,19,21,28,35-36,39-41H,17-18,20,22-27H2,1-4H3/t35-,36-,39+,40-,41+/m0/s1. The zero-order valence-corrected chi connectivity index (χ0v) is 31.1. The van der Waals surface area contributed by atoms with Crippen molar-refractivity contribution >= 4 is 16.9 Å². The summed E-state index contributed by atoms with van der Waals surface area (Å²) in [5, 5.41) is 2.41. The Kier molecular flexibility index (Phi) is 10.2.